The lowest BCUT2D eigenvalue weighted by molar-refractivity contribution is -0.172. The summed E-state index contributed by atoms with van der Waals surface area (Å²) in [6, 6.07) is 5.29. The number of nitrogens with zero attached hydrogens (tertiary/aromatic N) is 5. The van der Waals surface area contributed by atoms with Gasteiger partial charge in [0.05, 0.1) is 29.8 Å². The van der Waals surface area contributed by atoms with Gasteiger partial charge in [0.15, 0.2) is 0 Å². The summed E-state index contributed by atoms with van der Waals surface area (Å²) in [5, 5.41) is 2.21. The number of alkyl halides is 3. The van der Waals surface area contributed by atoms with Gasteiger partial charge in [-0.3, -0.25) is 14.0 Å². The number of halogens is 4. The number of pyridine rings is 1. The predicted molar refractivity (Wildman–Crippen MR) is 152 cm³/mol. The van der Waals surface area contributed by atoms with Crippen molar-refractivity contribution in [3.63, 3.8) is 0 Å². The van der Waals surface area contributed by atoms with Crippen LogP contribution >= 0.6 is 0 Å². The molecule has 6 rings (SSSR count). The number of fused-ring (bicyclic) bond motifs is 1. The molecule has 2 saturated heterocycles. The number of benzene rings is 1. The number of ether oxygens (including phenoxy) is 1. The van der Waals surface area contributed by atoms with E-state index in [4.69, 9.17) is 15.5 Å². The summed E-state index contributed by atoms with van der Waals surface area (Å²) in [5.74, 6) is -1.56. The number of hydrogen-bond acceptors (Lipinski definition) is 7. The summed E-state index contributed by atoms with van der Waals surface area (Å²) in [7, 11) is 0. The molecule has 0 unspecified atom stereocenters. The number of carbonyl (C=O) groups excluding carboxylic acids is 2. The normalized spacial score (nSPS) is 19.9. The minimum atomic E-state index is -4.63. The Bertz CT molecular complexity index is 1770. The van der Waals surface area contributed by atoms with Gasteiger partial charge in [-0.15, -0.1) is 0 Å². The second-order valence-electron chi connectivity index (χ2n) is 11.6. The van der Waals surface area contributed by atoms with Crippen LogP contribution in [0.1, 0.15) is 54.4 Å². The number of likely N-dealkylation sites (tertiary alicyclic amines) is 1. The zero-order chi connectivity index (χ0) is 31.4. The number of imidazole rings is 1. The molecule has 3 N–H and O–H groups in total. The van der Waals surface area contributed by atoms with E-state index in [1.807, 2.05) is 18.7 Å². The van der Waals surface area contributed by atoms with Gasteiger partial charge in [-0.1, -0.05) is 6.07 Å². The predicted octanol–water partition coefficient (Wildman–Crippen LogP) is 4.91. The Kier molecular flexibility index (Phi) is 7.26. The number of anilines is 2. The molecule has 44 heavy (non-hydrogen) atoms. The third-order valence-corrected chi connectivity index (χ3v) is 8.29. The molecular weight excluding hydrogens is 582 g/mol. The fourth-order valence-electron chi connectivity index (χ4n) is 5.76. The van der Waals surface area contributed by atoms with Crippen LogP contribution in [0.4, 0.5) is 29.2 Å². The van der Waals surface area contributed by atoms with Crippen LogP contribution in [0.2, 0.25) is 0 Å². The molecule has 4 aromatic rings. The first-order valence-corrected chi connectivity index (χ1v) is 14.0. The van der Waals surface area contributed by atoms with Crippen LogP contribution in [-0.2, 0) is 15.7 Å². The summed E-state index contributed by atoms with van der Waals surface area (Å²) < 4.78 is 61.6. The van der Waals surface area contributed by atoms with Gasteiger partial charge < -0.3 is 20.7 Å². The van der Waals surface area contributed by atoms with E-state index < -0.39 is 34.4 Å². The smallest absolute Gasteiger partial charge is 0.382 e. The molecule has 230 valence electrons. The highest BCUT2D eigenvalue weighted by molar-refractivity contribution is 6.04. The first kappa shape index (κ1) is 29.5. The Balaban J connectivity index is 1.30. The number of nitrogens with one attached hydrogen (secondary N) is 1. The van der Waals surface area contributed by atoms with E-state index in [2.05, 4.69) is 15.3 Å². The lowest BCUT2D eigenvalue weighted by Gasteiger charge is -2.45. The number of aromatic nitrogens is 4. The minimum Gasteiger partial charge on any atom is -0.382 e. The highest BCUT2D eigenvalue weighted by atomic mass is 19.4. The van der Waals surface area contributed by atoms with Crippen molar-refractivity contribution in [2.75, 3.05) is 30.8 Å². The van der Waals surface area contributed by atoms with E-state index in [-0.39, 0.29) is 29.5 Å². The van der Waals surface area contributed by atoms with Crippen LogP contribution < -0.4 is 11.1 Å². The van der Waals surface area contributed by atoms with Crippen molar-refractivity contribution in [3.8, 4) is 11.3 Å². The Morgan fingerprint density at radius 1 is 1.11 bits per heavy atom. The van der Waals surface area contributed by atoms with E-state index >= 15 is 4.39 Å². The van der Waals surface area contributed by atoms with E-state index in [9.17, 15) is 22.8 Å². The molecule has 1 aromatic carbocycles. The number of rotatable bonds is 5. The van der Waals surface area contributed by atoms with Crippen molar-refractivity contribution < 1.29 is 31.9 Å². The Morgan fingerprint density at radius 2 is 1.89 bits per heavy atom. The molecule has 5 heterocycles. The van der Waals surface area contributed by atoms with Gasteiger partial charge in [-0.25, -0.2) is 19.3 Å². The maximum absolute atomic E-state index is 15.4. The number of carbonyl (C=O) groups is 2. The number of hydrogen-bond donors (Lipinski definition) is 2. The minimum absolute atomic E-state index is 0.0412. The molecule has 2 aliphatic heterocycles. The van der Waals surface area contributed by atoms with Crippen LogP contribution in [0.15, 0.2) is 48.9 Å². The monoisotopic (exact) mass is 611 g/mol. The Hall–Kier alpha value is -4.59. The fraction of sp³-hybridized carbons (Fsp3) is 0.367. The second kappa shape index (κ2) is 10.8. The molecule has 10 nitrogen and oxygen atoms in total. The van der Waals surface area contributed by atoms with Crippen LogP contribution in [0.3, 0.4) is 0 Å². The van der Waals surface area contributed by atoms with Crippen molar-refractivity contribution in [2.45, 2.75) is 44.8 Å². The van der Waals surface area contributed by atoms with E-state index in [1.165, 1.54) is 18.3 Å². The molecule has 0 aliphatic carbocycles. The van der Waals surface area contributed by atoms with E-state index in [1.54, 1.807) is 10.6 Å². The number of nitrogen functional groups attached to an aromatic ring is 1. The van der Waals surface area contributed by atoms with Crippen LogP contribution in [0, 0.1) is 11.2 Å². The van der Waals surface area contributed by atoms with E-state index in [0.29, 0.717) is 48.4 Å². The van der Waals surface area contributed by atoms with Gasteiger partial charge in [0.2, 0.25) is 5.91 Å². The topological polar surface area (TPSA) is 128 Å². The third-order valence-electron chi connectivity index (χ3n) is 8.29. The van der Waals surface area contributed by atoms with Crippen molar-refractivity contribution in [1.29, 1.82) is 0 Å². The number of piperidine rings is 1. The Morgan fingerprint density at radius 3 is 2.57 bits per heavy atom. The molecule has 0 radical (unpaired) electrons. The largest absolute Gasteiger partial charge is 0.416 e. The average Bonchev–Trinajstić information content (AvgIpc) is 3.36. The summed E-state index contributed by atoms with van der Waals surface area (Å²) >= 11 is 0. The zero-order valence-corrected chi connectivity index (χ0v) is 23.9. The number of nitrogens with two attached hydrogens (primary N) is 1. The molecule has 0 spiro atoms. The van der Waals surface area contributed by atoms with Gasteiger partial charge in [0.25, 0.3) is 5.91 Å². The van der Waals surface area contributed by atoms with Crippen LogP contribution in [0.5, 0.6) is 0 Å². The van der Waals surface area contributed by atoms with E-state index in [0.717, 1.165) is 31.2 Å². The molecule has 2 fully saturated rings. The number of amides is 2. The van der Waals surface area contributed by atoms with Gasteiger partial charge >= 0.3 is 6.18 Å². The van der Waals surface area contributed by atoms with Gasteiger partial charge in [0.1, 0.15) is 34.5 Å². The molecule has 2 amide bonds. The maximum Gasteiger partial charge on any atom is 0.416 e. The van der Waals surface area contributed by atoms with Crippen molar-refractivity contribution in [3.05, 3.63) is 71.7 Å². The first-order chi connectivity index (χ1) is 20.9. The first-order valence-electron chi connectivity index (χ1n) is 14.0. The summed E-state index contributed by atoms with van der Waals surface area (Å²) in [4.78, 5) is 40.8. The third kappa shape index (κ3) is 5.23. The second-order valence-corrected chi connectivity index (χ2v) is 11.6. The quantitative estimate of drug-likeness (QED) is 0.307. The summed E-state index contributed by atoms with van der Waals surface area (Å²) in [6.07, 6.45) is 1.04. The van der Waals surface area contributed by atoms with Gasteiger partial charge in [-0.2, -0.15) is 13.2 Å². The highest BCUT2D eigenvalue weighted by Gasteiger charge is 2.46. The van der Waals surface area contributed by atoms with Crippen LogP contribution in [-0.4, -0.2) is 61.9 Å². The van der Waals surface area contributed by atoms with Crippen LogP contribution in [0.25, 0.3) is 16.8 Å². The lowest BCUT2D eigenvalue weighted by atomic mass is 9.84. The molecule has 2 aliphatic rings. The van der Waals surface area contributed by atoms with Gasteiger partial charge in [-0.05, 0) is 51.0 Å². The Labute approximate surface area is 249 Å². The molecule has 0 saturated carbocycles. The lowest BCUT2D eigenvalue weighted by Crippen LogP contribution is -2.57. The summed E-state index contributed by atoms with van der Waals surface area (Å²) in [5.41, 5.74) is 5.42. The summed E-state index contributed by atoms with van der Waals surface area (Å²) in [6.45, 7) is 5.13. The average molecular weight is 612 g/mol. The van der Waals surface area contributed by atoms with Crippen molar-refractivity contribution >= 4 is 29.0 Å². The fourth-order valence-corrected chi connectivity index (χ4v) is 5.76. The highest BCUT2D eigenvalue weighted by Crippen LogP contribution is 2.38. The zero-order valence-electron chi connectivity index (χ0n) is 23.9. The van der Waals surface area contributed by atoms with Gasteiger partial charge in [0, 0.05) is 42.7 Å². The molecule has 3 aromatic heterocycles. The molecule has 0 bridgehead atoms. The SMILES string of the molecule is C[C@H]1CC[C@@H](c2nc(-c3ccc(C(=O)Nc4cc(C(F)(F)F)ccn4)c(F)c3)c3c(N)nccn23)CN1C(=O)C1(C)COC1. The maximum atomic E-state index is 15.4. The molecular formula is C30H29F4N7O3. The van der Waals surface area contributed by atoms with Crippen molar-refractivity contribution in [1.82, 2.24) is 24.3 Å². The molecule has 14 heteroatoms. The standard InChI is InChI=1S/C30H29F4N7O3/c1-16-3-4-18(13-41(16)28(43)29(2)14-44-15-29)26-39-23(24-25(35)37-9-10-40(24)26)17-5-6-20(21(31)11-17)27(42)38-22-12-19(7-8-36-22)30(32,33)34/h5-12,16,18H,3-4,13-15H2,1-2H3,(H2,35,37)(H,36,38,42)/t16-,18+/m0/s1. The molecule has 2 atom stereocenters. The van der Waals surface area contributed by atoms with Crippen molar-refractivity contribution in [2.24, 2.45) is 5.41 Å².